The van der Waals surface area contributed by atoms with Gasteiger partial charge in [-0.3, -0.25) is 9.36 Å². The van der Waals surface area contributed by atoms with Crippen LogP contribution in [-0.4, -0.2) is 82.8 Å². The number of fused-ring (bicyclic) bond motifs is 1. The summed E-state index contributed by atoms with van der Waals surface area (Å²) < 4.78 is 34.8. The van der Waals surface area contributed by atoms with Crippen LogP contribution in [0.3, 0.4) is 0 Å². The number of ether oxygens (including phenoxy) is 1. The lowest BCUT2D eigenvalue weighted by Crippen LogP contribution is -2.49. The molecule has 11 heteroatoms. The van der Waals surface area contributed by atoms with Gasteiger partial charge in [-0.25, -0.2) is 13.8 Å². The zero-order valence-corrected chi connectivity index (χ0v) is 19.0. The maximum atomic E-state index is 14.0. The molecular formula is C23H27F2N7O2. The van der Waals surface area contributed by atoms with Crippen LogP contribution in [0.4, 0.5) is 20.4 Å². The molecule has 180 valence electrons. The summed E-state index contributed by atoms with van der Waals surface area (Å²) in [5.74, 6) is 1.21. The average Bonchev–Trinajstić information content (AvgIpc) is 3.29. The van der Waals surface area contributed by atoms with Gasteiger partial charge in [0.1, 0.15) is 11.6 Å². The van der Waals surface area contributed by atoms with Gasteiger partial charge in [0.25, 0.3) is 6.43 Å². The largest absolute Gasteiger partial charge is 0.378 e. The normalized spacial score (nSPS) is 17.1. The number of amides is 1. The molecule has 3 aromatic rings. The van der Waals surface area contributed by atoms with Gasteiger partial charge in [0.05, 0.1) is 24.2 Å². The third kappa shape index (κ3) is 4.27. The fourth-order valence-corrected chi connectivity index (χ4v) is 4.44. The molecule has 34 heavy (non-hydrogen) atoms. The summed E-state index contributed by atoms with van der Waals surface area (Å²) in [6.45, 7) is 6.71. The number of halogens is 2. The number of para-hydroxylation sites is 2. The number of nitrogens with zero attached hydrogens (tertiary/aromatic N) is 7. The van der Waals surface area contributed by atoms with Crippen molar-refractivity contribution in [2.24, 2.45) is 0 Å². The molecule has 2 saturated heterocycles. The Kier molecular flexibility index (Phi) is 6.27. The van der Waals surface area contributed by atoms with E-state index in [-0.39, 0.29) is 17.7 Å². The Labute approximate surface area is 196 Å². The Morgan fingerprint density at radius 1 is 0.971 bits per heavy atom. The molecule has 0 atom stereocenters. The highest BCUT2D eigenvalue weighted by Crippen LogP contribution is 2.29. The topological polar surface area (TPSA) is 79.6 Å². The SMILES string of the molecule is CCC(=O)N1CCN(c2cc(N3CCOCC3)nc(-n3c(C(F)F)nc4ccccc43)n2)CC1. The molecule has 0 unspecified atom stereocenters. The minimum atomic E-state index is -2.78. The monoisotopic (exact) mass is 471 g/mol. The van der Waals surface area contributed by atoms with Crippen molar-refractivity contribution in [2.45, 2.75) is 19.8 Å². The van der Waals surface area contributed by atoms with Gasteiger partial charge < -0.3 is 19.4 Å². The van der Waals surface area contributed by atoms with Crippen molar-refractivity contribution in [3.05, 3.63) is 36.2 Å². The second kappa shape index (κ2) is 9.49. The number of imidazole rings is 1. The maximum absolute atomic E-state index is 14.0. The molecule has 0 spiro atoms. The first kappa shape index (κ1) is 22.5. The first-order valence-corrected chi connectivity index (χ1v) is 11.6. The van der Waals surface area contributed by atoms with Crippen LogP contribution in [0.5, 0.6) is 0 Å². The molecule has 2 aliphatic rings. The van der Waals surface area contributed by atoms with Gasteiger partial charge in [-0.2, -0.15) is 9.97 Å². The van der Waals surface area contributed by atoms with Crippen LogP contribution in [0.1, 0.15) is 25.6 Å². The number of rotatable bonds is 5. The standard InChI is InChI=1S/C23H27F2N7O2/c1-2-20(33)31-9-7-29(8-10-31)18-15-19(30-11-13-34-14-12-30)28-23(27-18)32-17-6-4-3-5-16(17)26-22(32)21(24)25/h3-6,15,21H,2,7-14H2,1H3. The third-order valence-electron chi connectivity index (χ3n) is 6.26. The van der Waals surface area contributed by atoms with Crippen LogP contribution in [0.15, 0.2) is 30.3 Å². The molecule has 5 rings (SSSR count). The lowest BCUT2D eigenvalue weighted by molar-refractivity contribution is -0.131. The van der Waals surface area contributed by atoms with Crippen LogP contribution in [0.2, 0.25) is 0 Å². The van der Waals surface area contributed by atoms with E-state index in [0.717, 1.165) is 0 Å². The Morgan fingerprint density at radius 2 is 1.62 bits per heavy atom. The molecule has 2 fully saturated rings. The van der Waals surface area contributed by atoms with E-state index in [1.54, 1.807) is 24.3 Å². The predicted octanol–water partition coefficient (Wildman–Crippen LogP) is 2.65. The Balaban J connectivity index is 1.58. The van der Waals surface area contributed by atoms with Crippen molar-refractivity contribution in [3.63, 3.8) is 0 Å². The van der Waals surface area contributed by atoms with E-state index in [1.165, 1.54) is 4.57 Å². The molecule has 0 bridgehead atoms. The van der Waals surface area contributed by atoms with Crippen molar-refractivity contribution in [2.75, 3.05) is 62.3 Å². The number of hydrogen-bond acceptors (Lipinski definition) is 7. The number of hydrogen-bond donors (Lipinski definition) is 0. The van der Waals surface area contributed by atoms with Crippen LogP contribution in [0, 0.1) is 0 Å². The molecule has 1 amide bonds. The summed E-state index contributed by atoms with van der Waals surface area (Å²) in [4.78, 5) is 31.7. The molecule has 4 heterocycles. The molecule has 0 radical (unpaired) electrons. The van der Waals surface area contributed by atoms with E-state index in [1.807, 2.05) is 17.9 Å². The van der Waals surface area contributed by atoms with E-state index in [4.69, 9.17) is 14.7 Å². The quantitative estimate of drug-likeness (QED) is 0.566. The zero-order chi connectivity index (χ0) is 23.7. The van der Waals surface area contributed by atoms with Crippen LogP contribution in [0.25, 0.3) is 17.0 Å². The number of piperazine rings is 1. The number of anilines is 2. The number of aromatic nitrogens is 4. The third-order valence-corrected chi connectivity index (χ3v) is 6.26. The molecule has 0 aliphatic carbocycles. The van der Waals surface area contributed by atoms with Gasteiger partial charge in [0.2, 0.25) is 11.9 Å². The summed E-state index contributed by atoms with van der Waals surface area (Å²) in [6, 6.07) is 8.89. The number of alkyl halides is 2. The van der Waals surface area contributed by atoms with E-state index >= 15 is 0 Å². The Bertz CT molecular complexity index is 1170. The first-order chi connectivity index (χ1) is 16.5. The predicted molar refractivity (Wildman–Crippen MR) is 124 cm³/mol. The summed E-state index contributed by atoms with van der Waals surface area (Å²) in [6.07, 6.45) is -2.31. The van der Waals surface area contributed by atoms with E-state index in [0.29, 0.717) is 81.6 Å². The van der Waals surface area contributed by atoms with Gasteiger partial charge >= 0.3 is 0 Å². The molecule has 0 N–H and O–H groups in total. The fraction of sp³-hybridized carbons (Fsp3) is 0.478. The van der Waals surface area contributed by atoms with E-state index < -0.39 is 6.43 Å². The average molecular weight is 472 g/mol. The highest BCUT2D eigenvalue weighted by atomic mass is 19.3. The van der Waals surface area contributed by atoms with Crippen molar-refractivity contribution in [1.29, 1.82) is 0 Å². The number of morpholine rings is 1. The maximum Gasteiger partial charge on any atom is 0.296 e. The van der Waals surface area contributed by atoms with Crippen LogP contribution >= 0.6 is 0 Å². The smallest absolute Gasteiger partial charge is 0.296 e. The fourth-order valence-electron chi connectivity index (χ4n) is 4.44. The Hall–Kier alpha value is -3.34. The number of carbonyl (C=O) groups is 1. The van der Waals surface area contributed by atoms with Gasteiger partial charge in [0, 0.05) is 51.8 Å². The first-order valence-electron chi connectivity index (χ1n) is 11.6. The van der Waals surface area contributed by atoms with Crippen molar-refractivity contribution < 1.29 is 18.3 Å². The summed E-state index contributed by atoms with van der Waals surface area (Å²) >= 11 is 0. The van der Waals surface area contributed by atoms with Crippen molar-refractivity contribution in [3.8, 4) is 5.95 Å². The van der Waals surface area contributed by atoms with Crippen molar-refractivity contribution in [1.82, 2.24) is 24.4 Å². The van der Waals surface area contributed by atoms with Gasteiger partial charge in [-0.15, -0.1) is 0 Å². The van der Waals surface area contributed by atoms with Crippen LogP contribution in [-0.2, 0) is 9.53 Å². The molecule has 2 aromatic heterocycles. The van der Waals surface area contributed by atoms with E-state index in [2.05, 4.69) is 14.8 Å². The molecule has 9 nitrogen and oxygen atoms in total. The number of carbonyl (C=O) groups excluding carboxylic acids is 1. The molecule has 0 saturated carbocycles. The summed E-state index contributed by atoms with van der Waals surface area (Å²) in [5.41, 5.74) is 0.993. The molecular weight excluding hydrogens is 444 g/mol. The second-order valence-electron chi connectivity index (χ2n) is 8.30. The second-order valence-corrected chi connectivity index (χ2v) is 8.30. The summed E-state index contributed by atoms with van der Waals surface area (Å²) in [5, 5.41) is 0. The highest BCUT2D eigenvalue weighted by molar-refractivity contribution is 5.78. The van der Waals surface area contributed by atoms with Crippen molar-refractivity contribution >= 4 is 28.6 Å². The molecule has 2 aliphatic heterocycles. The van der Waals surface area contributed by atoms with Crippen LogP contribution < -0.4 is 9.80 Å². The number of benzene rings is 1. The van der Waals surface area contributed by atoms with E-state index in [9.17, 15) is 13.6 Å². The molecule has 1 aromatic carbocycles. The minimum Gasteiger partial charge on any atom is -0.378 e. The van der Waals surface area contributed by atoms with Gasteiger partial charge in [0.15, 0.2) is 5.82 Å². The highest BCUT2D eigenvalue weighted by Gasteiger charge is 2.26. The summed E-state index contributed by atoms with van der Waals surface area (Å²) in [7, 11) is 0. The lowest BCUT2D eigenvalue weighted by atomic mass is 10.2. The van der Waals surface area contributed by atoms with Gasteiger partial charge in [-0.1, -0.05) is 19.1 Å². The lowest BCUT2D eigenvalue weighted by Gasteiger charge is -2.36. The zero-order valence-electron chi connectivity index (χ0n) is 19.0. The minimum absolute atomic E-state index is 0.128. The Morgan fingerprint density at radius 3 is 2.26 bits per heavy atom. The van der Waals surface area contributed by atoms with Gasteiger partial charge in [-0.05, 0) is 12.1 Å².